The van der Waals surface area contributed by atoms with Gasteiger partial charge in [0.15, 0.2) is 5.79 Å². The average Bonchev–Trinajstić information content (AvgIpc) is 2.97. The lowest BCUT2D eigenvalue weighted by atomic mass is 9.64. The smallest absolute Gasteiger partial charge is 0.305 e. The molecule has 1 aliphatic heterocycles. The van der Waals surface area contributed by atoms with Crippen molar-refractivity contribution < 1.29 is 29.0 Å². The average molecular weight is 649 g/mol. The highest BCUT2D eigenvalue weighted by Crippen LogP contribution is 2.46. The SMILES string of the molecule is CCCCCCCCCCCCCCCC1(C(=O)NC2CCCCC2C(CC(=O)O)NC(=O)C2OC(C)(C)OCC2(C)C)CCC1. The molecule has 2 aliphatic carbocycles. The molecule has 0 bridgehead atoms. The molecule has 266 valence electrons. The molecule has 2 saturated carbocycles. The van der Waals surface area contributed by atoms with E-state index in [1.807, 2.05) is 13.8 Å². The highest BCUT2D eigenvalue weighted by molar-refractivity contribution is 5.84. The summed E-state index contributed by atoms with van der Waals surface area (Å²) >= 11 is 0. The van der Waals surface area contributed by atoms with Crippen molar-refractivity contribution in [3.63, 3.8) is 0 Å². The molecule has 0 radical (unpaired) electrons. The number of ether oxygens (including phenoxy) is 2. The molecule has 0 aromatic rings. The second-order valence-corrected chi connectivity index (χ2v) is 16.0. The first-order chi connectivity index (χ1) is 21.9. The van der Waals surface area contributed by atoms with E-state index in [2.05, 4.69) is 17.6 Å². The van der Waals surface area contributed by atoms with Crippen molar-refractivity contribution >= 4 is 17.8 Å². The van der Waals surface area contributed by atoms with Crippen LogP contribution >= 0.6 is 0 Å². The number of hydrogen-bond acceptors (Lipinski definition) is 5. The molecule has 1 saturated heterocycles. The van der Waals surface area contributed by atoms with E-state index in [-0.39, 0.29) is 35.6 Å². The maximum atomic E-state index is 13.8. The fourth-order valence-electron chi connectivity index (χ4n) is 7.89. The molecule has 0 aromatic heterocycles. The number of hydrogen-bond donors (Lipinski definition) is 3. The van der Waals surface area contributed by atoms with E-state index in [0.717, 1.165) is 57.8 Å². The van der Waals surface area contributed by atoms with Crippen LogP contribution in [0.4, 0.5) is 0 Å². The van der Waals surface area contributed by atoms with Crippen molar-refractivity contribution in [3.8, 4) is 0 Å². The summed E-state index contributed by atoms with van der Waals surface area (Å²) in [6, 6.07) is -0.727. The summed E-state index contributed by atoms with van der Waals surface area (Å²) in [4.78, 5) is 39.4. The van der Waals surface area contributed by atoms with Gasteiger partial charge in [0.1, 0.15) is 6.10 Å². The van der Waals surface area contributed by atoms with Crippen molar-refractivity contribution in [2.45, 2.75) is 200 Å². The van der Waals surface area contributed by atoms with Crippen LogP contribution in [0.3, 0.4) is 0 Å². The number of aliphatic carboxylic acids is 1. The topological polar surface area (TPSA) is 114 Å². The first kappa shape index (κ1) is 38.8. The molecule has 46 heavy (non-hydrogen) atoms. The van der Waals surface area contributed by atoms with Crippen LogP contribution < -0.4 is 10.6 Å². The normalized spacial score (nSPS) is 25.6. The van der Waals surface area contributed by atoms with E-state index in [0.29, 0.717) is 6.61 Å². The Morgan fingerprint density at radius 1 is 0.804 bits per heavy atom. The van der Waals surface area contributed by atoms with Gasteiger partial charge in [-0.2, -0.15) is 0 Å². The van der Waals surface area contributed by atoms with Crippen LogP contribution in [0.1, 0.15) is 176 Å². The van der Waals surface area contributed by atoms with Crippen molar-refractivity contribution in [1.82, 2.24) is 10.6 Å². The third-order valence-corrected chi connectivity index (χ3v) is 11.1. The van der Waals surface area contributed by atoms with Crippen molar-refractivity contribution in [1.29, 1.82) is 0 Å². The minimum absolute atomic E-state index is 0.137. The third kappa shape index (κ3) is 12.1. The molecule has 3 aliphatic rings. The van der Waals surface area contributed by atoms with Crippen molar-refractivity contribution in [3.05, 3.63) is 0 Å². The summed E-state index contributed by atoms with van der Waals surface area (Å²) in [6.07, 6.45) is 23.6. The third-order valence-electron chi connectivity index (χ3n) is 11.1. The van der Waals surface area contributed by atoms with E-state index >= 15 is 0 Å². The number of carbonyl (C=O) groups is 3. The lowest BCUT2D eigenvalue weighted by Gasteiger charge is -2.46. The number of carbonyl (C=O) groups excluding carboxylic acids is 2. The molecule has 3 fully saturated rings. The lowest BCUT2D eigenvalue weighted by molar-refractivity contribution is -0.304. The fraction of sp³-hybridized carbons (Fsp3) is 0.921. The summed E-state index contributed by atoms with van der Waals surface area (Å²) in [7, 11) is 0. The molecule has 8 nitrogen and oxygen atoms in total. The summed E-state index contributed by atoms with van der Waals surface area (Å²) in [5.41, 5.74) is -0.839. The number of unbranched alkanes of at least 4 members (excludes halogenated alkanes) is 12. The van der Waals surface area contributed by atoms with Crippen molar-refractivity contribution in [2.75, 3.05) is 6.61 Å². The maximum Gasteiger partial charge on any atom is 0.305 e. The Hall–Kier alpha value is -1.67. The standard InChI is InChI=1S/C38H68N2O6/c1-6-7-8-9-10-11-12-13-14-15-16-17-20-24-38(25-21-26-38)35(44)40-30-23-19-18-22-29(30)31(27-32(41)42)39-34(43)33-36(2,3)28-45-37(4,5)46-33/h29-31,33H,6-28H2,1-5H3,(H,39,43)(H,40,44)(H,41,42). The highest BCUT2D eigenvalue weighted by atomic mass is 16.7. The first-order valence-electron chi connectivity index (χ1n) is 19.0. The molecule has 3 rings (SSSR count). The first-order valence-corrected chi connectivity index (χ1v) is 19.0. The Kier molecular flexibility index (Phi) is 15.8. The fourth-order valence-corrected chi connectivity index (χ4v) is 7.89. The molecular formula is C38H68N2O6. The number of nitrogens with one attached hydrogen (secondary N) is 2. The Balaban J connectivity index is 1.48. The molecule has 2 amide bonds. The Bertz CT molecular complexity index is 945. The largest absolute Gasteiger partial charge is 0.481 e. The number of carboxylic acids is 1. The lowest BCUT2D eigenvalue weighted by Crippen LogP contribution is -2.60. The van der Waals surface area contributed by atoms with Gasteiger partial charge in [-0.05, 0) is 51.9 Å². The molecule has 3 N–H and O–H groups in total. The molecule has 4 atom stereocenters. The molecule has 0 aromatic carbocycles. The van der Waals surface area contributed by atoms with Gasteiger partial charge in [0.25, 0.3) is 0 Å². The molecule has 4 unspecified atom stereocenters. The predicted octanol–water partition coefficient (Wildman–Crippen LogP) is 8.45. The van der Waals surface area contributed by atoms with Gasteiger partial charge in [-0.25, -0.2) is 0 Å². The van der Waals surface area contributed by atoms with E-state index in [1.165, 1.54) is 77.0 Å². The van der Waals surface area contributed by atoms with Crippen LogP contribution in [0.25, 0.3) is 0 Å². The quantitative estimate of drug-likeness (QED) is 0.108. The summed E-state index contributed by atoms with van der Waals surface area (Å²) < 4.78 is 11.8. The van der Waals surface area contributed by atoms with Gasteiger partial charge in [-0.1, -0.05) is 124 Å². The monoisotopic (exact) mass is 649 g/mol. The van der Waals surface area contributed by atoms with Crippen molar-refractivity contribution in [2.24, 2.45) is 16.7 Å². The zero-order chi connectivity index (χ0) is 33.6. The van der Waals surface area contributed by atoms with Gasteiger partial charge in [0.05, 0.1) is 13.0 Å². The molecule has 1 heterocycles. The number of amides is 2. The van der Waals surface area contributed by atoms with Gasteiger partial charge in [-0.3, -0.25) is 14.4 Å². The maximum absolute atomic E-state index is 13.8. The Morgan fingerprint density at radius 3 is 1.91 bits per heavy atom. The van der Waals surface area contributed by atoms with Crippen LogP contribution in [-0.2, 0) is 23.9 Å². The van der Waals surface area contributed by atoms with Crippen LogP contribution in [0.15, 0.2) is 0 Å². The zero-order valence-electron chi connectivity index (χ0n) is 30.1. The van der Waals surface area contributed by atoms with Gasteiger partial charge in [0, 0.05) is 22.9 Å². The van der Waals surface area contributed by atoms with Gasteiger partial charge >= 0.3 is 5.97 Å². The zero-order valence-corrected chi connectivity index (χ0v) is 30.1. The minimum atomic E-state index is -0.952. The Morgan fingerprint density at radius 2 is 1.37 bits per heavy atom. The van der Waals surface area contributed by atoms with Gasteiger partial charge in [-0.15, -0.1) is 0 Å². The van der Waals surface area contributed by atoms with E-state index < -0.39 is 29.3 Å². The number of rotatable bonds is 21. The van der Waals surface area contributed by atoms with E-state index in [4.69, 9.17) is 9.47 Å². The van der Waals surface area contributed by atoms with Crippen LogP contribution in [0.2, 0.25) is 0 Å². The highest BCUT2D eigenvalue weighted by Gasteiger charge is 2.48. The molecular weight excluding hydrogens is 580 g/mol. The van der Waals surface area contributed by atoms with Gasteiger partial charge in [0.2, 0.25) is 11.8 Å². The van der Waals surface area contributed by atoms with Crippen LogP contribution in [-0.4, -0.2) is 53.5 Å². The minimum Gasteiger partial charge on any atom is -0.481 e. The predicted molar refractivity (Wildman–Crippen MR) is 183 cm³/mol. The van der Waals surface area contributed by atoms with E-state index in [9.17, 15) is 19.5 Å². The number of carboxylic acid groups (broad SMARTS) is 1. The summed E-state index contributed by atoms with van der Waals surface area (Å²) in [5.74, 6) is -2.15. The summed E-state index contributed by atoms with van der Waals surface area (Å²) in [6.45, 7) is 10.1. The second kappa shape index (κ2) is 18.8. The second-order valence-electron chi connectivity index (χ2n) is 16.0. The molecule has 8 heteroatoms. The van der Waals surface area contributed by atoms with Crippen LogP contribution in [0.5, 0.6) is 0 Å². The van der Waals surface area contributed by atoms with Gasteiger partial charge < -0.3 is 25.2 Å². The van der Waals surface area contributed by atoms with E-state index in [1.54, 1.807) is 13.8 Å². The Labute approximate surface area is 280 Å². The molecule has 0 spiro atoms. The van der Waals surface area contributed by atoms with Crippen LogP contribution in [0, 0.1) is 16.7 Å². The summed E-state index contributed by atoms with van der Waals surface area (Å²) in [5, 5.41) is 16.3.